The Morgan fingerprint density at radius 2 is 2.21 bits per heavy atom. The third-order valence-corrected chi connectivity index (χ3v) is 3.78. The summed E-state index contributed by atoms with van der Waals surface area (Å²) in [6, 6.07) is 7.85. The van der Waals surface area contributed by atoms with Crippen molar-refractivity contribution in [3.8, 4) is 5.75 Å². The molecule has 0 saturated carbocycles. The number of hydrogen-bond donors (Lipinski definition) is 1. The Kier molecular flexibility index (Phi) is 4.65. The van der Waals surface area contributed by atoms with Gasteiger partial charge in [-0.3, -0.25) is 0 Å². The molecule has 1 aromatic carbocycles. The van der Waals surface area contributed by atoms with Crippen molar-refractivity contribution in [2.24, 2.45) is 11.8 Å². The van der Waals surface area contributed by atoms with Crippen LogP contribution in [0.5, 0.6) is 5.75 Å². The Morgan fingerprint density at radius 3 is 2.89 bits per heavy atom. The van der Waals surface area contributed by atoms with Gasteiger partial charge in [-0.1, -0.05) is 30.7 Å². The zero-order chi connectivity index (χ0) is 13.8. The van der Waals surface area contributed by atoms with Crippen LogP contribution in [0, 0.1) is 11.8 Å². The maximum absolute atomic E-state index is 10.6. The molecule has 0 heterocycles. The van der Waals surface area contributed by atoms with Crippen LogP contribution in [0.15, 0.2) is 35.9 Å². The van der Waals surface area contributed by atoms with Crippen molar-refractivity contribution >= 4 is 0 Å². The van der Waals surface area contributed by atoms with Gasteiger partial charge in [0.25, 0.3) is 0 Å². The van der Waals surface area contributed by atoms with Crippen molar-refractivity contribution in [1.82, 2.24) is 0 Å². The number of ether oxygens (including phenoxy) is 1. The SMILES string of the molecule is CCOc1cccc(C(O)C2CC(C)=CC(C)C2)c1. The Bertz CT molecular complexity index is 450. The van der Waals surface area contributed by atoms with Crippen LogP contribution >= 0.6 is 0 Å². The van der Waals surface area contributed by atoms with E-state index in [0.29, 0.717) is 18.4 Å². The third-order valence-electron chi connectivity index (χ3n) is 3.78. The van der Waals surface area contributed by atoms with Crippen molar-refractivity contribution in [1.29, 1.82) is 0 Å². The van der Waals surface area contributed by atoms with E-state index in [9.17, 15) is 5.11 Å². The summed E-state index contributed by atoms with van der Waals surface area (Å²) >= 11 is 0. The second-order valence-corrected chi connectivity index (χ2v) is 5.64. The largest absolute Gasteiger partial charge is 0.494 e. The zero-order valence-corrected chi connectivity index (χ0v) is 12.1. The average molecular weight is 260 g/mol. The predicted octanol–water partition coefficient (Wildman–Crippen LogP) is 4.11. The molecule has 0 saturated heterocycles. The number of aliphatic hydroxyl groups is 1. The minimum absolute atomic E-state index is 0.317. The van der Waals surface area contributed by atoms with Gasteiger partial charge in [0.05, 0.1) is 12.7 Å². The van der Waals surface area contributed by atoms with Gasteiger partial charge in [-0.05, 0) is 56.2 Å². The fourth-order valence-corrected chi connectivity index (χ4v) is 3.06. The van der Waals surface area contributed by atoms with E-state index in [1.165, 1.54) is 5.57 Å². The quantitative estimate of drug-likeness (QED) is 0.825. The molecule has 1 aromatic rings. The van der Waals surface area contributed by atoms with Crippen LogP contribution in [0.3, 0.4) is 0 Å². The molecule has 0 aromatic heterocycles. The second kappa shape index (κ2) is 6.25. The van der Waals surface area contributed by atoms with Crippen LogP contribution < -0.4 is 4.74 Å². The number of allylic oxidation sites excluding steroid dienone is 2. The summed E-state index contributed by atoms with van der Waals surface area (Å²) in [5.41, 5.74) is 2.36. The lowest BCUT2D eigenvalue weighted by Crippen LogP contribution is -2.19. The average Bonchev–Trinajstić information content (AvgIpc) is 2.37. The smallest absolute Gasteiger partial charge is 0.119 e. The molecule has 0 spiro atoms. The van der Waals surface area contributed by atoms with Crippen LogP contribution in [-0.2, 0) is 0 Å². The highest BCUT2D eigenvalue weighted by molar-refractivity contribution is 5.30. The van der Waals surface area contributed by atoms with Crippen LogP contribution in [-0.4, -0.2) is 11.7 Å². The van der Waals surface area contributed by atoms with Crippen LogP contribution in [0.2, 0.25) is 0 Å². The molecule has 0 bridgehead atoms. The number of benzene rings is 1. The molecule has 3 unspecified atom stereocenters. The van der Waals surface area contributed by atoms with Gasteiger partial charge >= 0.3 is 0 Å². The molecule has 0 amide bonds. The molecule has 104 valence electrons. The first-order valence-electron chi connectivity index (χ1n) is 7.18. The minimum atomic E-state index is -0.397. The Labute approximate surface area is 116 Å². The molecule has 1 aliphatic rings. The summed E-state index contributed by atoms with van der Waals surface area (Å²) in [7, 11) is 0. The van der Waals surface area contributed by atoms with Gasteiger partial charge in [0, 0.05) is 0 Å². The Morgan fingerprint density at radius 1 is 1.42 bits per heavy atom. The van der Waals surface area contributed by atoms with E-state index in [1.807, 2.05) is 31.2 Å². The molecular formula is C17H24O2. The van der Waals surface area contributed by atoms with Gasteiger partial charge < -0.3 is 9.84 Å². The van der Waals surface area contributed by atoms with E-state index >= 15 is 0 Å². The fourth-order valence-electron chi connectivity index (χ4n) is 3.06. The molecule has 2 nitrogen and oxygen atoms in total. The summed E-state index contributed by atoms with van der Waals surface area (Å²) in [4.78, 5) is 0. The molecule has 1 N–H and O–H groups in total. The van der Waals surface area contributed by atoms with Gasteiger partial charge in [-0.15, -0.1) is 0 Å². The lowest BCUT2D eigenvalue weighted by molar-refractivity contribution is 0.0930. The van der Waals surface area contributed by atoms with Crippen LogP contribution in [0.4, 0.5) is 0 Å². The van der Waals surface area contributed by atoms with Gasteiger partial charge in [0.15, 0.2) is 0 Å². The summed E-state index contributed by atoms with van der Waals surface area (Å²) in [5.74, 6) is 1.72. The van der Waals surface area contributed by atoms with E-state index in [0.717, 1.165) is 24.2 Å². The molecule has 2 rings (SSSR count). The second-order valence-electron chi connectivity index (χ2n) is 5.64. The summed E-state index contributed by atoms with van der Waals surface area (Å²) in [5, 5.41) is 10.6. The standard InChI is InChI=1S/C17H24O2/c1-4-19-16-7-5-6-14(11-16)17(18)15-9-12(2)8-13(3)10-15/h5-8,11-12,15,17-18H,4,9-10H2,1-3H3. The fraction of sp³-hybridized carbons (Fsp3) is 0.529. The van der Waals surface area contributed by atoms with E-state index < -0.39 is 6.10 Å². The molecule has 2 heteroatoms. The summed E-state index contributed by atoms with van der Waals surface area (Å²) in [6.07, 6.45) is 3.97. The first-order chi connectivity index (χ1) is 9.10. The number of aliphatic hydroxyl groups excluding tert-OH is 1. The minimum Gasteiger partial charge on any atom is -0.494 e. The van der Waals surface area contributed by atoms with E-state index in [1.54, 1.807) is 0 Å². The van der Waals surface area contributed by atoms with Crippen molar-refractivity contribution in [2.45, 2.75) is 39.7 Å². The molecule has 0 fully saturated rings. The normalized spacial score (nSPS) is 24.7. The van der Waals surface area contributed by atoms with Gasteiger partial charge in [-0.2, -0.15) is 0 Å². The maximum Gasteiger partial charge on any atom is 0.119 e. The third kappa shape index (κ3) is 3.60. The van der Waals surface area contributed by atoms with Crippen molar-refractivity contribution in [3.05, 3.63) is 41.5 Å². The van der Waals surface area contributed by atoms with Gasteiger partial charge in [0.1, 0.15) is 5.75 Å². The van der Waals surface area contributed by atoms with Crippen molar-refractivity contribution in [3.63, 3.8) is 0 Å². The molecule has 0 aliphatic heterocycles. The maximum atomic E-state index is 10.6. The first kappa shape index (κ1) is 14.1. The molecular weight excluding hydrogens is 236 g/mol. The predicted molar refractivity (Wildman–Crippen MR) is 78.2 cm³/mol. The highest BCUT2D eigenvalue weighted by atomic mass is 16.5. The number of hydrogen-bond acceptors (Lipinski definition) is 2. The summed E-state index contributed by atoms with van der Waals surface area (Å²) < 4.78 is 5.50. The molecule has 19 heavy (non-hydrogen) atoms. The lowest BCUT2D eigenvalue weighted by Gasteiger charge is -2.29. The molecule has 3 atom stereocenters. The molecule has 0 radical (unpaired) electrons. The Balaban J connectivity index is 2.13. The van der Waals surface area contributed by atoms with Crippen molar-refractivity contribution < 1.29 is 9.84 Å². The lowest BCUT2D eigenvalue weighted by atomic mass is 9.79. The van der Waals surface area contributed by atoms with Gasteiger partial charge in [-0.25, -0.2) is 0 Å². The Hall–Kier alpha value is -1.28. The van der Waals surface area contributed by atoms with Crippen LogP contribution in [0.25, 0.3) is 0 Å². The highest BCUT2D eigenvalue weighted by Crippen LogP contribution is 2.37. The monoisotopic (exact) mass is 260 g/mol. The highest BCUT2D eigenvalue weighted by Gasteiger charge is 2.26. The zero-order valence-electron chi connectivity index (χ0n) is 12.1. The number of rotatable bonds is 4. The molecule has 1 aliphatic carbocycles. The van der Waals surface area contributed by atoms with Gasteiger partial charge in [0.2, 0.25) is 0 Å². The van der Waals surface area contributed by atoms with E-state index in [4.69, 9.17) is 4.74 Å². The first-order valence-corrected chi connectivity index (χ1v) is 7.18. The van der Waals surface area contributed by atoms with Crippen molar-refractivity contribution in [2.75, 3.05) is 6.61 Å². The summed E-state index contributed by atoms with van der Waals surface area (Å²) in [6.45, 7) is 7.01. The van der Waals surface area contributed by atoms with Crippen LogP contribution in [0.1, 0.15) is 45.3 Å². The van der Waals surface area contributed by atoms with E-state index in [2.05, 4.69) is 19.9 Å². The van der Waals surface area contributed by atoms with E-state index in [-0.39, 0.29) is 0 Å². The topological polar surface area (TPSA) is 29.5 Å².